The first-order chi connectivity index (χ1) is 6.70. The van der Waals surface area contributed by atoms with Crippen LogP contribution in [0.25, 0.3) is 0 Å². The van der Waals surface area contributed by atoms with Gasteiger partial charge in [0.05, 0.1) is 19.3 Å². The highest BCUT2D eigenvalue weighted by atomic mass is 16.5. The van der Waals surface area contributed by atoms with Crippen LogP contribution in [0, 0.1) is 0 Å². The number of nitrogen functional groups attached to an aromatic ring is 1. The van der Waals surface area contributed by atoms with E-state index in [-0.39, 0.29) is 0 Å². The van der Waals surface area contributed by atoms with E-state index in [4.69, 9.17) is 10.5 Å². The third-order valence-electron chi connectivity index (χ3n) is 1.87. The van der Waals surface area contributed by atoms with Crippen molar-refractivity contribution in [1.29, 1.82) is 0 Å². The van der Waals surface area contributed by atoms with Gasteiger partial charge in [0.15, 0.2) is 0 Å². The van der Waals surface area contributed by atoms with Gasteiger partial charge < -0.3 is 15.2 Å². The smallest absolute Gasteiger partial charge is 0.340 e. The fourth-order valence-corrected chi connectivity index (χ4v) is 1.25. The minimum Gasteiger partial charge on any atom is -0.465 e. The predicted molar refractivity (Wildman–Crippen MR) is 52.9 cm³/mol. The summed E-state index contributed by atoms with van der Waals surface area (Å²) in [5.74, 6) is -0.435. The molecule has 0 heterocycles. The van der Waals surface area contributed by atoms with Gasteiger partial charge in [-0.2, -0.15) is 0 Å². The average Bonchev–Trinajstić information content (AvgIpc) is 2.18. The standard InChI is InChI=1S/C10H13NO3/c1-13-6-7-4-3-5-8(11)9(7)10(12)14-2/h3-5H,6,11H2,1-2H3. The number of benzene rings is 1. The molecule has 0 saturated heterocycles. The number of hydrogen-bond acceptors (Lipinski definition) is 4. The lowest BCUT2D eigenvalue weighted by Gasteiger charge is -2.09. The van der Waals surface area contributed by atoms with E-state index in [9.17, 15) is 4.79 Å². The first-order valence-corrected chi connectivity index (χ1v) is 4.15. The second-order valence-corrected chi connectivity index (χ2v) is 2.81. The summed E-state index contributed by atoms with van der Waals surface area (Å²) in [7, 11) is 2.88. The molecule has 0 fully saturated rings. The fourth-order valence-electron chi connectivity index (χ4n) is 1.25. The molecule has 1 aromatic carbocycles. The molecule has 0 bridgehead atoms. The van der Waals surface area contributed by atoms with Gasteiger partial charge in [-0.15, -0.1) is 0 Å². The molecule has 2 N–H and O–H groups in total. The quantitative estimate of drug-likeness (QED) is 0.581. The lowest BCUT2D eigenvalue weighted by molar-refractivity contribution is 0.0597. The highest BCUT2D eigenvalue weighted by Crippen LogP contribution is 2.18. The van der Waals surface area contributed by atoms with Crippen molar-refractivity contribution in [2.24, 2.45) is 0 Å². The number of carbonyl (C=O) groups excluding carboxylic acids is 1. The number of nitrogens with two attached hydrogens (primary N) is 1. The van der Waals surface area contributed by atoms with E-state index in [0.29, 0.717) is 17.9 Å². The molecular formula is C10H13NO3. The van der Waals surface area contributed by atoms with E-state index in [1.165, 1.54) is 7.11 Å². The summed E-state index contributed by atoms with van der Waals surface area (Å²) in [6.07, 6.45) is 0. The van der Waals surface area contributed by atoms with E-state index >= 15 is 0 Å². The second kappa shape index (κ2) is 4.62. The Balaban J connectivity index is 3.15. The Labute approximate surface area is 82.6 Å². The maximum Gasteiger partial charge on any atom is 0.340 e. The van der Waals surface area contributed by atoms with Crippen LogP contribution in [0.1, 0.15) is 15.9 Å². The molecule has 4 nitrogen and oxygen atoms in total. The number of esters is 1. The zero-order valence-corrected chi connectivity index (χ0v) is 8.24. The summed E-state index contributed by atoms with van der Waals surface area (Å²) in [5.41, 5.74) is 7.20. The highest BCUT2D eigenvalue weighted by molar-refractivity contribution is 5.96. The van der Waals surface area contributed by atoms with Crippen LogP contribution in [0.3, 0.4) is 0 Å². The van der Waals surface area contributed by atoms with Crippen LogP contribution in [0.4, 0.5) is 5.69 Å². The van der Waals surface area contributed by atoms with E-state index in [1.54, 1.807) is 25.3 Å². The van der Waals surface area contributed by atoms with Crippen molar-refractivity contribution in [1.82, 2.24) is 0 Å². The maximum absolute atomic E-state index is 11.4. The van der Waals surface area contributed by atoms with Gasteiger partial charge in [-0.25, -0.2) is 4.79 Å². The zero-order valence-electron chi connectivity index (χ0n) is 8.24. The number of carbonyl (C=O) groups is 1. The van der Waals surface area contributed by atoms with E-state index in [2.05, 4.69) is 4.74 Å². The molecule has 0 saturated carbocycles. The number of hydrogen-bond donors (Lipinski definition) is 1. The molecule has 0 atom stereocenters. The minimum absolute atomic E-state index is 0.343. The topological polar surface area (TPSA) is 61.5 Å². The van der Waals surface area contributed by atoms with Crippen LogP contribution in [0.5, 0.6) is 0 Å². The normalized spacial score (nSPS) is 9.86. The molecule has 0 amide bonds. The van der Waals surface area contributed by atoms with Crippen molar-refractivity contribution in [2.75, 3.05) is 20.0 Å². The third-order valence-corrected chi connectivity index (χ3v) is 1.87. The second-order valence-electron chi connectivity index (χ2n) is 2.81. The van der Waals surface area contributed by atoms with Crippen LogP contribution in [-0.2, 0) is 16.1 Å². The first kappa shape index (κ1) is 10.5. The molecule has 4 heteroatoms. The molecule has 1 rings (SSSR count). The monoisotopic (exact) mass is 195 g/mol. The van der Waals surface area contributed by atoms with E-state index in [1.807, 2.05) is 0 Å². The Kier molecular flexibility index (Phi) is 3.48. The Morgan fingerprint density at radius 3 is 2.71 bits per heavy atom. The first-order valence-electron chi connectivity index (χ1n) is 4.15. The summed E-state index contributed by atoms with van der Waals surface area (Å²) >= 11 is 0. The van der Waals surface area contributed by atoms with Crippen molar-refractivity contribution < 1.29 is 14.3 Å². The third kappa shape index (κ3) is 2.03. The Morgan fingerprint density at radius 2 is 2.14 bits per heavy atom. The summed E-state index contributed by atoms with van der Waals surface area (Å²) in [6.45, 7) is 0.343. The van der Waals surface area contributed by atoms with Gasteiger partial charge in [0.25, 0.3) is 0 Å². The molecule has 0 radical (unpaired) electrons. The molecule has 0 spiro atoms. The lowest BCUT2D eigenvalue weighted by Crippen LogP contribution is -2.09. The Hall–Kier alpha value is -1.55. The van der Waals surface area contributed by atoms with Crippen LogP contribution in [-0.4, -0.2) is 20.2 Å². The molecule has 0 aliphatic carbocycles. The minimum atomic E-state index is -0.435. The fraction of sp³-hybridized carbons (Fsp3) is 0.300. The van der Waals surface area contributed by atoms with Crippen LogP contribution in [0.2, 0.25) is 0 Å². The van der Waals surface area contributed by atoms with Gasteiger partial charge in [0.1, 0.15) is 0 Å². The average molecular weight is 195 g/mol. The predicted octanol–water partition coefficient (Wildman–Crippen LogP) is 1.20. The molecular weight excluding hydrogens is 182 g/mol. The molecule has 14 heavy (non-hydrogen) atoms. The lowest BCUT2D eigenvalue weighted by atomic mass is 10.1. The summed E-state index contributed by atoms with van der Waals surface area (Å²) in [6, 6.07) is 5.22. The van der Waals surface area contributed by atoms with Crippen molar-refractivity contribution in [3.63, 3.8) is 0 Å². The van der Waals surface area contributed by atoms with Crippen LogP contribution in [0.15, 0.2) is 18.2 Å². The molecule has 0 aromatic heterocycles. The maximum atomic E-state index is 11.4. The van der Waals surface area contributed by atoms with Gasteiger partial charge in [-0.05, 0) is 11.6 Å². The summed E-state index contributed by atoms with van der Waals surface area (Å²) < 4.78 is 9.58. The van der Waals surface area contributed by atoms with Crippen LogP contribution < -0.4 is 5.73 Å². The highest BCUT2D eigenvalue weighted by Gasteiger charge is 2.14. The largest absolute Gasteiger partial charge is 0.465 e. The molecule has 0 aliphatic rings. The Bertz CT molecular complexity index is 336. The van der Waals surface area contributed by atoms with Gasteiger partial charge >= 0.3 is 5.97 Å². The SMILES string of the molecule is COCc1cccc(N)c1C(=O)OC. The molecule has 76 valence electrons. The van der Waals surface area contributed by atoms with Crippen molar-refractivity contribution in [3.8, 4) is 0 Å². The number of anilines is 1. The number of ether oxygens (including phenoxy) is 2. The number of methoxy groups -OCH3 is 2. The van der Waals surface area contributed by atoms with Gasteiger partial charge in [0.2, 0.25) is 0 Å². The van der Waals surface area contributed by atoms with Crippen molar-refractivity contribution in [3.05, 3.63) is 29.3 Å². The molecule has 0 aliphatic heterocycles. The van der Waals surface area contributed by atoms with Gasteiger partial charge in [-0.3, -0.25) is 0 Å². The van der Waals surface area contributed by atoms with Gasteiger partial charge in [-0.1, -0.05) is 12.1 Å². The van der Waals surface area contributed by atoms with Gasteiger partial charge in [0, 0.05) is 12.8 Å². The van der Waals surface area contributed by atoms with Crippen LogP contribution >= 0.6 is 0 Å². The number of rotatable bonds is 3. The molecule has 1 aromatic rings. The van der Waals surface area contributed by atoms with E-state index in [0.717, 1.165) is 5.56 Å². The van der Waals surface area contributed by atoms with Crippen molar-refractivity contribution >= 4 is 11.7 Å². The summed E-state index contributed by atoms with van der Waals surface area (Å²) in [5, 5.41) is 0. The van der Waals surface area contributed by atoms with Crippen molar-refractivity contribution in [2.45, 2.75) is 6.61 Å². The zero-order chi connectivity index (χ0) is 10.6. The van der Waals surface area contributed by atoms with E-state index < -0.39 is 5.97 Å². The summed E-state index contributed by atoms with van der Waals surface area (Å²) in [4.78, 5) is 11.4. The molecule has 0 unspecified atom stereocenters. The Morgan fingerprint density at radius 1 is 1.43 bits per heavy atom.